The van der Waals surface area contributed by atoms with Crippen LogP contribution in [0.4, 0.5) is 11.5 Å². The Morgan fingerprint density at radius 2 is 2.53 bits per heavy atom. The number of nitro groups is 1. The van der Waals surface area contributed by atoms with Crippen molar-refractivity contribution in [2.75, 3.05) is 18.4 Å². The molecule has 0 aromatic carbocycles. The second kappa shape index (κ2) is 4.22. The highest BCUT2D eigenvalue weighted by Crippen LogP contribution is 2.15. The Morgan fingerprint density at radius 1 is 1.67 bits per heavy atom. The predicted molar refractivity (Wildman–Crippen MR) is 55.8 cm³/mol. The van der Waals surface area contributed by atoms with Gasteiger partial charge in [-0.05, 0) is 13.0 Å². The number of nitrogens with zero attached hydrogens (tertiary/aromatic N) is 2. The maximum Gasteiger partial charge on any atom is 0.274 e. The van der Waals surface area contributed by atoms with Crippen LogP contribution in [0.5, 0.6) is 0 Å². The molecule has 1 atom stereocenters. The van der Waals surface area contributed by atoms with E-state index in [-0.39, 0.29) is 5.69 Å². The van der Waals surface area contributed by atoms with Crippen molar-refractivity contribution in [3.05, 3.63) is 28.4 Å². The van der Waals surface area contributed by atoms with Crippen molar-refractivity contribution >= 4 is 11.5 Å². The third-order valence-corrected chi connectivity index (χ3v) is 2.37. The van der Waals surface area contributed by atoms with Crippen molar-refractivity contribution < 1.29 is 4.92 Å². The summed E-state index contributed by atoms with van der Waals surface area (Å²) in [6.45, 7) is 1.86. The number of rotatable bonds is 3. The predicted octanol–water partition coefficient (Wildman–Crippen LogP) is 0.764. The lowest BCUT2D eigenvalue weighted by Crippen LogP contribution is -2.22. The zero-order valence-electron chi connectivity index (χ0n) is 8.14. The van der Waals surface area contributed by atoms with Gasteiger partial charge >= 0.3 is 0 Å². The minimum Gasteiger partial charge on any atom is -0.366 e. The second-order valence-electron chi connectivity index (χ2n) is 3.49. The van der Waals surface area contributed by atoms with Gasteiger partial charge in [-0.25, -0.2) is 4.98 Å². The first-order valence-corrected chi connectivity index (χ1v) is 4.83. The second-order valence-corrected chi connectivity index (χ2v) is 3.49. The van der Waals surface area contributed by atoms with Crippen molar-refractivity contribution in [3.63, 3.8) is 0 Å². The molecule has 6 heteroatoms. The van der Waals surface area contributed by atoms with Gasteiger partial charge in [-0.15, -0.1) is 0 Å². The molecule has 1 aromatic heterocycles. The SMILES string of the molecule is O=[N+]([O-])c1ccnc(NC2CCNC2)c1. The Kier molecular flexibility index (Phi) is 2.77. The monoisotopic (exact) mass is 208 g/mol. The van der Waals surface area contributed by atoms with Crippen LogP contribution in [0.2, 0.25) is 0 Å². The molecule has 2 heterocycles. The molecule has 0 bridgehead atoms. The van der Waals surface area contributed by atoms with Gasteiger partial charge in [0, 0.05) is 24.8 Å². The maximum absolute atomic E-state index is 10.5. The lowest BCUT2D eigenvalue weighted by Gasteiger charge is -2.10. The zero-order chi connectivity index (χ0) is 10.7. The van der Waals surface area contributed by atoms with Crippen molar-refractivity contribution in [3.8, 4) is 0 Å². The highest BCUT2D eigenvalue weighted by molar-refractivity contribution is 5.45. The van der Waals surface area contributed by atoms with Crippen LogP contribution < -0.4 is 10.6 Å². The molecular formula is C9H12N4O2. The lowest BCUT2D eigenvalue weighted by atomic mass is 10.2. The fourth-order valence-corrected chi connectivity index (χ4v) is 1.60. The third kappa shape index (κ3) is 2.41. The van der Waals surface area contributed by atoms with Crippen LogP contribution in [-0.2, 0) is 0 Å². The molecule has 2 rings (SSSR count). The Morgan fingerprint density at radius 3 is 3.20 bits per heavy atom. The molecule has 2 N–H and O–H groups in total. The molecule has 1 aromatic rings. The van der Waals surface area contributed by atoms with Gasteiger partial charge in [-0.1, -0.05) is 0 Å². The van der Waals surface area contributed by atoms with E-state index in [9.17, 15) is 10.1 Å². The van der Waals surface area contributed by atoms with Crippen molar-refractivity contribution in [1.82, 2.24) is 10.3 Å². The van der Waals surface area contributed by atoms with E-state index >= 15 is 0 Å². The van der Waals surface area contributed by atoms with E-state index in [4.69, 9.17) is 0 Å². The maximum atomic E-state index is 10.5. The lowest BCUT2D eigenvalue weighted by molar-refractivity contribution is -0.384. The molecule has 0 aliphatic carbocycles. The number of pyridine rings is 1. The summed E-state index contributed by atoms with van der Waals surface area (Å²) >= 11 is 0. The molecule has 1 saturated heterocycles. The van der Waals surface area contributed by atoms with E-state index in [1.165, 1.54) is 18.3 Å². The van der Waals surface area contributed by atoms with Gasteiger partial charge in [0.2, 0.25) is 0 Å². The van der Waals surface area contributed by atoms with Crippen molar-refractivity contribution in [2.45, 2.75) is 12.5 Å². The van der Waals surface area contributed by atoms with Crippen LogP contribution in [0.3, 0.4) is 0 Å². The Balaban J connectivity index is 2.07. The average molecular weight is 208 g/mol. The Bertz CT molecular complexity index is 363. The van der Waals surface area contributed by atoms with Gasteiger partial charge in [0.1, 0.15) is 5.82 Å². The minimum atomic E-state index is -0.417. The van der Waals surface area contributed by atoms with E-state index in [1.54, 1.807) is 0 Å². The first kappa shape index (κ1) is 9.85. The molecule has 1 unspecified atom stereocenters. The van der Waals surface area contributed by atoms with Gasteiger partial charge < -0.3 is 10.6 Å². The van der Waals surface area contributed by atoms with Crippen molar-refractivity contribution in [1.29, 1.82) is 0 Å². The Labute approximate surface area is 86.9 Å². The van der Waals surface area contributed by atoms with Crippen LogP contribution >= 0.6 is 0 Å². The average Bonchev–Trinajstić information content (AvgIpc) is 2.71. The fraction of sp³-hybridized carbons (Fsp3) is 0.444. The summed E-state index contributed by atoms with van der Waals surface area (Å²) in [7, 11) is 0. The summed E-state index contributed by atoms with van der Waals surface area (Å²) in [4.78, 5) is 14.2. The molecule has 1 aliphatic rings. The molecule has 1 aliphatic heterocycles. The first-order chi connectivity index (χ1) is 7.25. The van der Waals surface area contributed by atoms with Crippen LogP contribution in [0, 0.1) is 10.1 Å². The first-order valence-electron chi connectivity index (χ1n) is 4.83. The quantitative estimate of drug-likeness (QED) is 0.566. The number of nitrogens with one attached hydrogen (secondary N) is 2. The minimum absolute atomic E-state index is 0.0680. The summed E-state index contributed by atoms with van der Waals surface area (Å²) in [6.07, 6.45) is 2.47. The molecule has 1 fully saturated rings. The number of anilines is 1. The largest absolute Gasteiger partial charge is 0.366 e. The highest BCUT2D eigenvalue weighted by atomic mass is 16.6. The summed E-state index contributed by atoms with van der Waals surface area (Å²) < 4.78 is 0. The number of hydrogen-bond donors (Lipinski definition) is 2. The summed E-state index contributed by atoms with van der Waals surface area (Å²) in [6, 6.07) is 3.16. The van der Waals surface area contributed by atoms with E-state index in [0.29, 0.717) is 11.9 Å². The van der Waals surface area contributed by atoms with Crippen molar-refractivity contribution in [2.24, 2.45) is 0 Å². The molecule has 0 radical (unpaired) electrons. The van der Waals surface area contributed by atoms with Gasteiger partial charge in [0.25, 0.3) is 5.69 Å². The van der Waals surface area contributed by atoms with E-state index in [2.05, 4.69) is 15.6 Å². The van der Waals surface area contributed by atoms with Crippen LogP contribution in [0.25, 0.3) is 0 Å². The molecule has 15 heavy (non-hydrogen) atoms. The standard InChI is InChI=1S/C9H12N4O2/c14-13(15)8-2-4-11-9(5-8)12-7-1-3-10-6-7/h2,4-5,7,10H,1,3,6H2,(H,11,12). The highest BCUT2D eigenvalue weighted by Gasteiger charge is 2.15. The van der Waals surface area contributed by atoms with E-state index in [1.807, 2.05) is 0 Å². The topological polar surface area (TPSA) is 80.1 Å². The molecule has 6 nitrogen and oxygen atoms in total. The zero-order valence-corrected chi connectivity index (χ0v) is 8.14. The Hall–Kier alpha value is -1.69. The third-order valence-electron chi connectivity index (χ3n) is 2.37. The van der Waals surface area contributed by atoms with Gasteiger partial charge in [-0.2, -0.15) is 0 Å². The normalized spacial score (nSPS) is 20.1. The molecular weight excluding hydrogens is 196 g/mol. The number of hydrogen-bond acceptors (Lipinski definition) is 5. The van der Waals surface area contributed by atoms with Crippen LogP contribution in [-0.4, -0.2) is 29.0 Å². The van der Waals surface area contributed by atoms with Gasteiger partial charge in [-0.3, -0.25) is 10.1 Å². The molecule has 0 spiro atoms. The summed E-state index contributed by atoms with van der Waals surface area (Å²) in [5, 5.41) is 16.9. The smallest absolute Gasteiger partial charge is 0.274 e. The summed E-state index contributed by atoms with van der Waals surface area (Å²) in [5.74, 6) is 0.568. The van der Waals surface area contributed by atoms with Gasteiger partial charge in [0.15, 0.2) is 0 Å². The number of aromatic nitrogens is 1. The summed E-state index contributed by atoms with van der Waals surface area (Å²) in [5.41, 5.74) is 0.0680. The van der Waals surface area contributed by atoms with Gasteiger partial charge in [0.05, 0.1) is 11.0 Å². The molecule has 80 valence electrons. The van der Waals surface area contributed by atoms with Crippen LogP contribution in [0.1, 0.15) is 6.42 Å². The van der Waals surface area contributed by atoms with E-state index in [0.717, 1.165) is 19.5 Å². The molecule has 0 saturated carbocycles. The van der Waals surface area contributed by atoms with E-state index < -0.39 is 4.92 Å². The molecule has 0 amide bonds. The fourth-order valence-electron chi connectivity index (χ4n) is 1.60. The van der Waals surface area contributed by atoms with Crippen LogP contribution in [0.15, 0.2) is 18.3 Å².